The van der Waals surface area contributed by atoms with Crippen molar-refractivity contribution in [1.82, 2.24) is 9.97 Å². The molecule has 0 spiro atoms. The molecule has 0 N–H and O–H groups in total. The number of nitrogens with zero attached hydrogens (tertiary/aromatic N) is 2. The molecule has 0 bridgehead atoms. The Morgan fingerprint density at radius 2 is 1.86 bits per heavy atom. The maximum Gasteiger partial charge on any atom is 0.147 e. The lowest BCUT2D eigenvalue weighted by Gasteiger charge is -2.17. The molecule has 2 aromatic rings. The first-order valence-electron chi connectivity index (χ1n) is 7.31. The van der Waals surface area contributed by atoms with Crippen LogP contribution in [0.4, 0.5) is 0 Å². The van der Waals surface area contributed by atoms with Crippen molar-refractivity contribution >= 4 is 27.5 Å². The normalized spacial score (nSPS) is 16.2. The van der Waals surface area contributed by atoms with Gasteiger partial charge in [0, 0.05) is 0 Å². The fourth-order valence-electron chi connectivity index (χ4n) is 2.72. The minimum absolute atomic E-state index is 0.0304. The minimum Gasteiger partial charge on any atom is -0.236 e. The van der Waals surface area contributed by atoms with Gasteiger partial charge in [0.15, 0.2) is 0 Å². The van der Waals surface area contributed by atoms with Crippen LogP contribution in [0.1, 0.15) is 43.8 Å². The summed E-state index contributed by atoms with van der Waals surface area (Å²) >= 11 is 9.86. The van der Waals surface area contributed by atoms with Crippen LogP contribution in [0.5, 0.6) is 0 Å². The van der Waals surface area contributed by atoms with Crippen LogP contribution < -0.4 is 0 Å². The van der Waals surface area contributed by atoms with Crippen LogP contribution in [-0.4, -0.2) is 9.97 Å². The summed E-state index contributed by atoms with van der Waals surface area (Å²) in [5, 5.41) is 0.526. The number of rotatable bonds is 4. The number of hydrogen-bond donors (Lipinski definition) is 0. The predicted molar refractivity (Wildman–Crippen MR) is 89.7 cm³/mol. The quantitative estimate of drug-likeness (QED) is 0.698. The summed E-state index contributed by atoms with van der Waals surface area (Å²) in [7, 11) is 0. The molecule has 3 rings (SSSR count). The van der Waals surface area contributed by atoms with Gasteiger partial charge in [0.05, 0.1) is 15.6 Å². The van der Waals surface area contributed by atoms with Gasteiger partial charge in [-0.25, -0.2) is 9.97 Å². The monoisotopic (exact) mass is 364 g/mol. The number of halogens is 2. The molecule has 0 saturated heterocycles. The Morgan fingerprint density at radius 1 is 1.19 bits per heavy atom. The average molecular weight is 366 g/mol. The second kappa shape index (κ2) is 5.69. The van der Waals surface area contributed by atoms with Gasteiger partial charge in [0.25, 0.3) is 0 Å². The van der Waals surface area contributed by atoms with Gasteiger partial charge >= 0.3 is 0 Å². The van der Waals surface area contributed by atoms with Crippen LogP contribution in [0.3, 0.4) is 0 Å². The van der Waals surface area contributed by atoms with Crippen LogP contribution in [0.25, 0.3) is 0 Å². The SMILES string of the molecule is CC(C)Cc1nc(C2(c3ccccc3)CC2)nc(Cl)c1Br. The summed E-state index contributed by atoms with van der Waals surface area (Å²) in [6.07, 6.45) is 3.09. The van der Waals surface area contributed by atoms with E-state index in [1.807, 2.05) is 6.07 Å². The highest BCUT2D eigenvalue weighted by atomic mass is 79.9. The minimum atomic E-state index is -0.0304. The van der Waals surface area contributed by atoms with Crippen molar-refractivity contribution in [2.75, 3.05) is 0 Å². The molecule has 1 aromatic heterocycles. The van der Waals surface area contributed by atoms with Crippen molar-refractivity contribution in [3.8, 4) is 0 Å². The lowest BCUT2D eigenvalue weighted by molar-refractivity contribution is 0.621. The van der Waals surface area contributed by atoms with Crippen molar-refractivity contribution in [2.24, 2.45) is 5.92 Å². The van der Waals surface area contributed by atoms with Crippen LogP contribution >= 0.6 is 27.5 Å². The largest absolute Gasteiger partial charge is 0.236 e. The zero-order chi connectivity index (χ0) is 15.0. The highest BCUT2D eigenvalue weighted by Gasteiger charge is 2.49. The van der Waals surface area contributed by atoms with Gasteiger partial charge in [-0.05, 0) is 46.7 Å². The number of hydrogen-bond acceptors (Lipinski definition) is 2. The Balaban J connectivity index is 2.05. The Bertz CT molecular complexity index is 651. The molecule has 1 aromatic carbocycles. The van der Waals surface area contributed by atoms with E-state index in [1.165, 1.54) is 5.56 Å². The van der Waals surface area contributed by atoms with Gasteiger partial charge in [-0.15, -0.1) is 0 Å². The van der Waals surface area contributed by atoms with Crippen LogP contribution in [0.2, 0.25) is 5.15 Å². The molecule has 1 heterocycles. The van der Waals surface area contributed by atoms with E-state index in [9.17, 15) is 0 Å². The maximum absolute atomic E-state index is 6.33. The molecule has 1 saturated carbocycles. The molecule has 0 unspecified atom stereocenters. The van der Waals surface area contributed by atoms with E-state index in [0.717, 1.165) is 35.3 Å². The molecule has 4 heteroatoms. The molecule has 1 aliphatic rings. The van der Waals surface area contributed by atoms with E-state index in [1.54, 1.807) is 0 Å². The molecular weight excluding hydrogens is 348 g/mol. The summed E-state index contributed by atoms with van der Waals surface area (Å²) in [6, 6.07) is 10.5. The lowest BCUT2D eigenvalue weighted by Crippen LogP contribution is -2.16. The van der Waals surface area contributed by atoms with Crippen molar-refractivity contribution in [3.05, 3.63) is 57.0 Å². The Morgan fingerprint density at radius 3 is 2.43 bits per heavy atom. The van der Waals surface area contributed by atoms with E-state index in [2.05, 4.69) is 59.0 Å². The fourth-order valence-corrected chi connectivity index (χ4v) is 3.25. The van der Waals surface area contributed by atoms with Crippen LogP contribution in [0, 0.1) is 5.92 Å². The van der Waals surface area contributed by atoms with Gasteiger partial charge in [0.1, 0.15) is 11.0 Å². The summed E-state index contributed by atoms with van der Waals surface area (Å²) in [5.41, 5.74) is 2.28. The van der Waals surface area contributed by atoms with Gasteiger partial charge < -0.3 is 0 Å². The summed E-state index contributed by atoms with van der Waals surface area (Å²) < 4.78 is 0.838. The van der Waals surface area contributed by atoms with Crippen LogP contribution in [-0.2, 0) is 11.8 Å². The van der Waals surface area contributed by atoms with Crippen molar-refractivity contribution in [3.63, 3.8) is 0 Å². The van der Waals surface area contributed by atoms with E-state index in [-0.39, 0.29) is 5.41 Å². The first kappa shape index (κ1) is 15.0. The Hall–Kier alpha value is -0.930. The van der Waals surface area contributed by atoms with E-state index >= 15 is 0 Å². The second-order valence-corrected chi connectivity index (χ2v) is 7.30. The number of aromatic nitrogens is 2. The molecular formula is C17H18BrClN2. The zero-order valence-electron chi connectivity index (χ0n) is 12.2. The third kappa shape index (κ3) is 2.86. The third-order valence-electron chi connectivity index (χ3n) is 3.99. The van der Waals surface area contributed by atoms with Crippen LogP contribution in [0.15, 0.2) is 34.8 Å². The smallest absolute Gasteiger partial charge is 0.147 e. The van der Waals surface area contributed by atoms with Crippen molar-refractivity contribution < 1.29 is 0 Å². The second-order valence-electron chi connectivity index (χ2n) is 6.14. The third-order valence-corrected chi connectivity index (χ3v) is 5.32. The first-order chi connectivity index (χ1) is 10.0. The fraction of sp³-hybridized carbons (Fsp3) is 0.412. The van der Waals surface area contributed by atoms with Gasteiger partial charge in [-0.3, -0.25) is 0 Å². The van der Waals surface area contributed by atoms with Crippen molar-refractivity contribution in [1.29, 1.82) is 0 Å². The predicted octanol–water partition coefficient (Wildman–Crippen LogP) is 5.17. The maximum atomic E-state index is 6.33. The molecule has 0 radical (unpaired) electrons. The standard InChI is InChI=1S/C17H18BrClN2/c1-11(2)10-13-14(18)15(19)21-16(20-13)17(8-9-17)12-6-4-3-5-7-12/h3-7,11H,8-10H2,1-2H3. The van der Waals surface area contributed by atoms with E-state index < -0.39 is 0 Å². The molecule has 1 aliphatic carbocycles. The molecule has 0 atom stereocenters. The summed E-state index contributed by atoms with van der Waals surface area (Å²) in [4.78, 5) is 9.40. The summed E-state index contributed by atoms with van der Waals surface area (Å²) in [6.45, 7) is 4.37. The number of benzene rings is 1. The van der Waals surface area contributed by atoms with Crippen molar-refractivity contribution in [2.45, 2.75) is 38.5 Å². The van der Waals surface area contributed by atoms with E-state index in [4.69, 9.17) is 16.6 Å². The van der Waals surface area contributed by atoms with Gasteiger partial charge in [-0.2, -0.15) is 0 Å². The summed E-state index contributed by atoms with van der Waals surface area (Å²) in [5.74, 6) is 1.41. The Labute approximate surface area is 139 Å². The molecule has 1 fully saturated rings. The van der Waals surface area contributed by atoms with E-state index in [0.29, 0.717) is 11.1 Å². The zero-order valence-corrected chi connectivity index (χ0v) is 14.6. The molecule has 0 amide bonds. The van der Waals surface area contributed by atoms with Gasteiger partial charge in [0.2, 0.25) is 0 Å². The molecule has 110 valence electrons. The topological polar surface area (TPSA) is 25.8 Å². The highest BCUT2D eigenvalue weighted by molar-refractivity contribution is 9.10. The van der Waals surface area contributed by atoms with Gasteiger partial charge in [-0.1, -0.05) is 55.8 Å². The first-order valence-corrected chi connectivity index (χ1v) is 8.48. The molecule has 2 nitrogen and oxygen atoms in total. The molecule has 21 heavy (non-hydrogen) atoms. The highest BCUT2D eigenvalue weighted by Crippen LogP contribution is 2.52. The Kier molecular flexibility index (Phi) is 4.06. The molecule has 0 aliphatic heterocycles. The average Bonchev–Trinajstić information content (AvgIpc) is 3.26. The lowest BCUT2D eigenvalue weighted by atomic mass is 9.95.